The topological polar surface area (TPSA) is 692 Å². The van der Waals surface area contributed by atoms with E-state index in [9.17, 15) is 133 Å². The third-order valence-electron chi connectivity index (χ3n) is 22.4. The second kappa shape index (κ2) is 65.5. The number of carbonyl (C=O) groups is 2. The standard InChI is InChI=1S/C90H157N2O41P5/c1-56(2)25-15-26-57(3)27-16-28-58(4)29-17-30-59(5)31-18-32-60(6)33-19-34-61(7)35-20-36-62(8)37-21-38-63(9)39-22-40-64(10)41-23-42-65(11)43-24-44-66(12)45-46-120-137(116,117)133-138(118,119)132-89-78(92-68(14)98)82(106)86(74(49-95)128-89)130-88-77(91-67(13)97)83(107)87(75(50-96)127-88)131-136(114,115)122-52-69(99)51-121-134(110,111)123-53-71(101)79(103)72(102)54-124-135(112,113)125-55-76(80(104)70(100)47-93)129-90-85(109)84(108)81(105)73(48-94)126-90/h25,27,29,31,33,35,37,39,41,43,45,69-90,93-96,99-109H,15-24,26,28,30,32,34,36,38,40,42,44,46-55H2,1-14H3,(H,91,97)(H,92,98)(H,110,111)(H,112,113)(H,114,115)(H,116,117)(H,118,119)/p-5/b57-27+,58-29+,59-31-,60-33-,61-35-,62-37-,63-39-,64-41-,65-43-,66-45-/t69-,70-,71+,72-,73-,74-,75-,76+,77-,78-,79+,80-,81-,82-,83-,84+,85-,86-,87-,88+,89-,90+/m1/s1. The van der Waals surface area contributed by atoms with Gasteiger partial charge in [0.25, 0.3) is 39.1 Å². The first-order valence-electron chi connectivity index (χ1n) is 46.0. The Morgan fingerprint density at radius 3 is 1.04 bits per heavy atom. The Kier molecular flexibility index (Phi) is 60.7. The second-order valence-electron chi connectivity index (χ2n) is 35.3. The van der Waals surface area contributed by atoms with E-state index in [1.54, 1.807) is 6.92 Å². The number of phosphoric ester groups is 5. The number of rotatable bonds is 68. The molecule has 3 saturated heterocycles. The van der Waals surface area contributed by atoms with Crippen LogP contribution >= 0.6 is 39.1 Å². The molecule has 0 bridgehead atoms. The molecule has 0 aromatic rings. The number of amides is 2. The molecule has 0 radical (unpaired) electrons. The lowest BCUT2D eigenvalue weighted by molar-refractivity contribution is -0.333. The van der Waals surface area contributed by atoms with E-state index < -0.39 is 252 Å². The third-order valence-corrected chi connectivity index (χ3v) is 27.8. The summed E-state index contributed by atoms with van der Waals surface area (Å²) in [4.78, 5) is 89.7. The van der Waals surface area contributed by atoms with Crippen LogP contribution in [0.3, 0.4) is 0 Å². The highest BCUT2D eigenvalue weighted by Gasteiger charge is 2.54. The summed E-state index contributed by atoms with van der Waals surface area (Å²) in [7, 11) is -29.3. The van der Waals surface area contributed by atoms with E-state index in [-0.39, 0.29) is 0 Å². The number of hydrogen-bond acceptors (Lipinski definition) is 41. The fourth-order valence-corrected chi connectivity index (χ4v) is 18.7. The van der Waals surface area contributed by atoms with Crippen molar-refractivity contribution < 1.29 is 198 Å². The lowest BCUT2D eigenvalue weighted by Crippen LogP contribution is -2.69. The first-order valence-corrected chi connectivity index (χ1v) is 53.3. The minimum Gasteiger partial charge on any atom is -0.756 e. The maximum Gasteiger partial charge on any atom is 0.276 e. The average molecular weight is 2070 g/mol. The van der Waals surface area contributed by atoms with Crippen LogP contribution in [0.4, 0.5) is 0 Å². The van der Waals surface area contributed by atoms with E-state index in [0.29, 0.717) is 18.4 Å². The SMILES string of the molecule is CC(=O)N[C@H]1[C@@H](OP(=O)([O-])OP(=O)([O-])OC/C=C(/C)CC/C=C(/C)CC/C=C(/C)CC/C=C(/C)CC/C=C(/C)CC/C=C(/C)CC/C=C(/C)CC/C=C(/C)CC/C=C(\C)CC/C=C(\C)CCC=C(C)C)O[C@H](CO)[C@@H](O[C@@H]2O[C@H](CO)[C@@H](OP(=O)([O-])OC[C@H](O)COP(=O)([O-])OC[C@H](O)[C@H](O)[C@H](O)COP(=O)([O-])OC[C@H](O[C@@H]3O[C@H](CO)[C@@H](O)[C@H](O)[C@H]3O)[C@H](O)[C@H](O)CO)[C@H](O)[C@H]2NC(C)=O)[C@@H]1O. The Morgan fingerprint density at radius 1 is 0.341 bits per heavy atom. The summed E-state index contributed by atoms with van der Waals surface area (Å²) in [6.45, 7) is 15.1. The minimum absolute atomic E-state index is 0.478. The van der Waals surface area contributed by atoms with E-state index in [1.807, 2.05) is 6.92 Å². The van der Waals surface area contributed by atoms with Crippen LogP contribution in [0.5, 0.6) is 0 Å². The molecule has 27 atom stereocenters. The highest BCUT2D eigenvalue weighted by molar-refractivity contribution is 7.59. The van der Waals surface area contributed by atoms with Crippen molar-refractivity contribution in [3.05, 3.63) is 128 Å². The predicted octanol–water partition coefficient (Wildman–Crippen LogP) is 4.97. The zero-order valence-corrected chi connectivity index (χ0v) is 85.8. The summed E-state index contributed by atoms with van der Waals surface area (Å²) in [5.41, 5.74) is 14.6. The summed E-state index contributed by atoms with van der Waals surface area (Å²) >= 11 is 0. The zero-order chi connectivity index (χ0) is 104. The molecule has 0 aliphatic carbocycles. The number of ether oxygens (including phenoxy) is 5. The highest BCUT2D eigenvalue weighted by Crippen LogP contribution is 2.57. The van der Waals surface area contributed by atoms with E-state index in [1.165, 1.54) is 56.2 Å². The van der Waals surface area contributed by atoms with Crippen molar-refractivity contribution in [2.24, 2.45) is 0 Å². The van der Waals surface area contributed by atoms with Gasteiger partial charge in [-0.3, -0.25) is 36.9 Å². The van der Waals surface area contributed by atoms with E-state index in [4.69, 9.17) is 37.3 Å². The molecule has 0 spiro atoms. The largest absolute Gasteiger partial charge is 0.756 e. The van der Waals surface area contributed by atoms with Crippen molar-refractivity contribution in [2.45, 2.75) is 360 Å². The summed E-state index contributed by atoms with van der Waals surface area (Å²) < 4.78 is 133. The molecular weight excluding hydrogens is 1920 g/mol. The first kappa shape index (κ1) is 128. The van der Waals surface area contributed by atoms with Gasteiger partial charge < -0.3 is 167 Å². The van der Waals surface area contributed by atoms with Crippen molar-refractivity contribution in [3.63, 3.8) is 0 Å². The molecule has 2 amide bonds. The molecule has 3 fully saturated rings. The number of carbonyl (C=O) groups excluding carboxylic acids is 2. The number of phosphoric acid groups is 5. The molecule has 5 unspecified atom stereocenters. The number of nitrogens with one attached hydrogen (secondary N) is 2. The Bertz CT molecular complexity index is 4260. The van der Waals surface area contributed by atoms with Crippen LogP contribution < -0.4 is 35.1 Å². The van der Waals surface area contributed by atoms with Gasteiger partial charge in [-0.15, -0.1) is 0 Å². The van der Waals surface area contributed by atoms with Gasteiger partial charge in [-0.1, -0.05) is 128 Å². The number of hydrogen-bond donors (Lipinski definition) is 17. The molecule has 0 saturated carbocycles. The Hall–Kier alpha value is -4.13. The van der Waals surface area contributed by atoms with Gasteiger partial charge in [-0.05, 0) is 212 Å². The molecule has 138 heavy (non-hydrogen) atoms. The van der Waals surface area contributed by atoms with Crippen LogP contribution in [0.15, 0.2) is 128 Å². The van der Waals surface area contributed by atoms with Crippen LogP contribution in [0, 0.1) is 0 Å². The highest BCUT2D eigenvalue weighted by atomic mass is 31.3. The molecule has 3 aliphatic rings. The second-order valence-corrected chi connectivity index (χ2v) is 42.4. The number of allylic oxidation sites excluding steroid dienone is 21. The van der Waals surface area contributed by atoms with Gasteiger partial charge in [0.1, 0.15) is 116 Å². The summed E-state index contributed by atoms with van der Waals surface area (Å²) in [5.74, 6) is -2.02. The lowest BCUT2D eigenvalue weighted by atomic mass is 9.94. The van der Waals surface area contributed by atoms with Crippen LogP contribution in [-0.2, 0) is 96.6 Å². The molecular formula is C90H152N2O41P5-5. The fraction of sp³-hybridized carbons (Fsp3) is 0.733. The number of aliphatic hydroxyl groups excluding tert-OH is 15. The molecule has 798 valence electrons. The zero-order valence-electron chi connectivity index (χ0n) is 81.3. The minimum atomic E-state index is -6.17. The van der Waals surface area contributed by atoms with Gasteiger partial charge in [0.2, 0.25) is 11.8 Å². The van der Waals surface area contributed by atoms with Crippen LogP contribution in [0.25, 0.3) is 0 Å². The smallest absolute Gasteiger partial charge is 0.276 e. The normalized spacial score (nSPS) is 27.2. The van der Waals surface area contributed by atoms with E-state index in [2.05, 4.69) is 168 Å². The first-order chi connectivity index (χ1) is 64.6. The number of aliphatic hydroxyl groups is 15. The lowest BCUT2D eigenvalue weighted by Gasteiger charge is -2.49. The molecule has 3 rings (SSSR count). The quantitative estimate of drug-likeness (QED) is 0.0282. The van der Waals surface area contributed by atoms with Crippen LogP contribution in [-0.4, -0.2) is 289 Å². The van der Waals surface area contributed by atoms with E-state index >= 15 is 0 Å². The fourth-order valence-electron chi connectivity index (χ4n) is 14.2. The van der Waals surface area contributed by atoms with Crippen LogP contribution in [0.2, 0.25) is 0 Å². The molecule has 0 aromatic carbocycles. The Balaban J connectivity index is 1.45. The average Bonchev–Trinajstić information content (AvgIpc) is 0.766. The van der Waals surface area contributed by atoms with Gasteiger partial charge in [0, 0.05) is 13.8 Å². The summed E-state index contributed by atoms with van der Waals surface area (Å²) in [6.07, 6.45) is 1.10. The maximum absolute atomic E-state index is 13.3. The van der Waals surface area contributed by atoms with Crippen molar-refractivity contribution in [3.8, 4) is 0 Å². The van der Waals surface area contributed by atoms with Crippen molar-refractivity contribution in [2.75, 3.05) is 66.1 Å². The van der Waals surface area contributed by atoms with Gasteiger partial charge >= 0.3 is 0 Å². The van der Waals surface area contributed by atoms with Crippen molar-refractivity contribution in [1.29, 1.82) is 0 Å². The maximum atomic E-state index is 13.3. The van der Waals surface area contributed by atoms with Gasteiger partial charge in [-0.2, -0.15) is 0 Å². The molecule has 3 aliphatic heterocycles. The van der Waals surface area contributed by atoms with Gasteiger partial charge in [-0.25, -0.2) is 4.31 Å². The van der Waals surface area contributed by atoms with Crippen molar-refractivity contribution in [1.82, 2.24) is 10.6 Å². The van der Waals surface area contributed by atoms with Gasteiger partial charge in [0.05, 0.1) is 66.1 Å². The Labute approximate surface area is 809 Å². The summed E-state index contributed by atoms with van der Waals surface area (Å²) in [6, 6.07) is -4.12. The monoisotopic (exact) mass is 2070 g/mol. The Morgan fingerprint density at radius 2 is 0.667 bits per heavy atom. The third kappa shape index (κ3) is 51.8. The molecule has 17 N–H and O–H groups in total. The molecule has 0 aromatic heterocycles. The predicted molar refractivity (Wildman–Crippen MR) is 495 cm³/mol. The molecule has 48 heteroatoms. The molecule has 3 heterocycles. The van der Waals surface area contributed by atoms with Crippen LogP contribution in [0.1, 0.15) is 225 Å². The van der Waals surface area contributed by atoms with E-state index in [0.717, 1.165) is 135 Å². The summed E-state index contributed by atoms with van der Waals surface area (Å²) in [5, 5.41) is 160. The molecule has 43 nitrogen and oxygen atoms in total. The van der Waals surface area contributed by atoms with Gasteiger partial charge in [0.15, 0.2) is 18.9 Å². The van der Waals surface area contributed by atoms with Crippen molar-refractivity contribution >= 4 is 50.9 Å².